The van der Waals surface area contributed by atoms with Crippen molar-refractivity contribution in [3.05, 3.63) is 29.8 Å². The van der Waals surface area contributed by atoms with E-state index in [0.717, 1.165) is 17.7 Å². The van der Waals surface area contributed by atoms with E-state index in [1.165, 1.54) is 10.6 Å². The van der Waals surface area contributed by atoms with Crippen LogP contribution in [0.4, 0.5) is 0 Å². The van der Waals surface area contributed by atoms with E-state index in [2.05, 4.69) is 0 Å². The highest BCUT2D eigenvalue weighted by molar-refractivity contribution is 7.88. The first-order valence-corrected chi connectivity index (χ1v) is 7.45. The zero-order valence-corrected chi connectivity index (χ0v) is 10.9. The van der Waals surface area contributed by atoms with Crippen molar-refractivity contribution in [1.82, 2.24) is 4.31 Å². The minimum atomic E-state index is -3.07. The Morgan fingerprint density at radius 2 is 2.06 bits per heavy atom. The van der Waals surface area contributed by atoms with Crippen molar-refractivity contribution < 1.29 is 13.2 Å². The number of ether oxygens (including phenoxy) is 1. The van der Waals surface area contributed by atoms with Crippen molar-refractivity contribution >= 4 is 10.0 Å². The number of para-hydroxylation sites is 1. The van der Waals surface area contributed by atoms with Crippen molar-refractivity contribution in [2.24, 2.45) is 0 Å². The summed E-state index contributed by atoms with van der Waals surface area (Å²) in [7, 11) is -1.43. The second kappa shape index (κ2) is 4.66. The summed E-state index contributed by atoms with van der Waals surface area (Å²) >= 11 is 0. The molecule has 0 amide bonds. The van der Waals surface area contributed by atoms with E-state index in [-0.39, 0.29) is 5.92 Å². The third kappa shape index (κ3) is 2.61. The van der Waals surface area contributed by atoms with Gasteiger partial charge in [0.1, 0.15) is 5.75 Å². The predicted molar refractivity (Wildman–Crippen MR) is 66.8 cm³/mol. The number of rotatable bonds is 3. The molecule has 1 fully saturated rings. The van der Waals surface area contributed by atoms with Crippen molar-refractivity contribution in [3.63, 3.8) is 0 Å². The standard InChI is InChI=1S/C12H17NO3S/c1-16-12-6-4-3-5-11(12)10-7-8-13(9-10)17(2,14)15/h3-6,10H,7-9H2,1-2H3. The topological polar surface area (TPSA) is 46.6 Å². The highest BCUT2D eigenvalue weighted by Crippen LogP contribution is 2.33. The van der Waals surface area contributed by atoms with Gasteiger partial charge < -0.3 is 4.74 Å². The van der Waals surface area contributed by atoms with E-state index in [4.69, 9.17) is 4.74 Å². The Morgan fingerprint density at radius 3 is 2.65 bits per heavy atom. The quantitative estimate of drug-likeness (QED) is 0.821. The maximum atomic E-state index is 11.5. The first-order valence-electron chi connectivity index (χ1n) is 5.60. The molecule has 1 heterocycles. The van der Waals surface area contributed by atoms with E-state index in [1.54, 1.807) is 7.11 Å². The van der Waals surface area contributed by atoms with Gasteiger partial charge in [0.25, 0.3) is 0 Å². The minimum Gasteiger partial charge on any atom is -0.496 e. The molecule has 1 aromatic rings. The maximum absolute atomic E-state index is 11.5. The average molecular weight is 255 g/mol. The Labute approximate surface area is 102 Å². The smallest absolute Gasteiger partial charge is 0.211 e. The Kier molecular flexibility index (Phi) is 3.40. The number of hydrogen-bond donors (Lipinski definition) is 0. The number of benzene rings is 1. The minimum absolute atomic E-state index is 0.237. The molecule has 1 aliphatic heterocycles. The van der Waals surface area contributed by atoms with Crippen molar-refractivity contribution in [2.45, 2.75) is 12.3 Å². The van der Waals surface area contributed by atoms with Gasteiger partial charge in [-0.05, 0) is 18.1 Å². The van der Waals surface area contributed by atoms with Crippen LogP contribution in [0.3, 0.4) is 0 Å². The van der Waals surface area contributed by atoms with Crippen LogP contribution in [0.15, 0.2) is 24.3 Å². The van der Waals surface area contributed by atoms with Gasteiger partial charge in [0.05, 0.1) is 13.4 Å². The van der Waals surface area contributed by atoms with Gasteiger partial charge in [-0.3, -0.25) is 0 Å². The SMILES string of the molecule is COc1ccccc1C1CCN(S(C)(=O)=O)C1. The Hall–Kier alpha value is -1.07. The summed E-state index contributed by atoms with van der Waals surface area (Å²) in [4.78, 5) is 0. The van der Waals surface area contributed by atoms with E-state index < -0.39 is 10.0 Å². The Bertz CT molecular complexity index is 498. The number of sulfonamides is 1. The van der Waals surface area contributed by atoms with Gasteiger partial charge in [-0.2, -0.15) is 0 Å². The van der Waals surface area contributed by atoms with Crippen molar-refractivity contribution in [1.29, 1.82) is 0 Å². The van der Waals surface area contributed by atoms with Gasteiger partial charge in [-0.15, -0.1) is 0 Å². The molecule has 0 aliphatic carbocycles. The molecule has 0 N–H and O–H groups in total. The lowest BCUT2D eigenvalue weighted by Crippen LogP contribution is -2.27. The third-order valence-corrected chi connectivity index (χ3v) is 4.47. The molecular formula is C12H17NO3S. The molecule has 4 nitrogen and oxygen atoms in total. The second-order valence-corrected chi connectivity index (χ2v) is 6.33. The molecular weight excluding hydrogens is 238 g/mol. The van der Waals surface area contributed by atoms with Crippen molar-refractivity contribution in [2.75, 3.05) is 26.5 Å². The first-order chi connectivity index (χ1) is 8.02. The van der Waals surface area contributed by atoms with Crippen LogP contribution in [0.25, 0.3) is 0 Å². The predicted octanol–water partition coefficient (Wildman–Crippen LogP) is 1.44. The van der Waals surface area contributed by atoms with Crippen molar-refractivity contribution in [3.8, 4) is 5.75 Å². The van der Waals surface area contributed by atoms with Crippen LogP contribution in [-0.2, 0) is 10.0 Å². The van der Waals surface area contributed by atoms with Crippen LogP contribution < -0.4 is 4.74 Å². The molecule has 1 atom stereocenters. The molecule has 5 heteroatoms. The molecule has 1 aromatic carbocycles. The van der Waals surface area contributed by atoms with Gasteiger partial charge >= 0.3 is 0 Å². The molecule has 1 saturated heterocycles. The van der Waals surface area contributed by atoms with Gasteiger partial charge in [0.15, 0.2) is 0 Å². The summed E-state index contributed by atoms with van der Waals surface area (Å²) in [6.07, 6.45) is 2.12. The van der Waals surface area contributed by atoms with Gasteiger partial charge in [0.2, 0.25) is 10.0 Å². The Balaban J connectivity index is 2.21. The summed E-state index contributed by atoms with van der Waals surface area (Å²) in [6.45, 7) is 1.15. The molecule has 2 rings (SSSR count). The summed E-state index contributed by atoms with van der Waals surface area (Å²) < 4.78 is 29.8. The van der Waals surface area contributed by atoms with E-state index >= 15 is 0 Å². The molecule has 0 aromatic heterocycles. The molecule has 0 bridgehead atoms. The zero-order chi connectivity index (χ0) is 12.5. The highest BCUT2D eigenvalue weighted by atomic mass is 32.2. The van der Waals surface area contributed by atoms with Gasteiger partial charge in [-0.1, -0.05) is 18.2 Å². The summed E-state index contributed by atoms with van der Waals surface area (Å²) in [5, 5.41) is 0. The molecule has 17 heavy (non-hydrogen) atoms. The number of methoxy groups -OCH3 is 1. The third-order valence-electron chi connectivity index (χ3n) is 3.20. The van der Waals surface area contributed by atoms with E-state index in [1.807, 2.05) is 24.3 Å². The van der Waals surface area contributed by atoms with Crippen LogP contribution in [0, 0.1) is 0 Å². The number of nitrogens with zero attached hydrogens (tertiary/aromatic N) is 1. The summed E-state index contributed by atoms with van der Waals surface area (Å²) in [5.41, 5.74) is 1.10. The van der Waals surface area contributed by atoms with Crippen LogP contribution in [0.5, 0.6) is 5.75 Å². The number of hydrogen-bond acceptors (Lipinski definition) is 3. The largest absolute Gasteiger partial charge is 0.496 e. The van der Waals surface area contributed by atoms with Crippen LogP contribution >= 0.6 is 0 Å². The molecule has 0 radical (unpaired) electrons. The zero-order valence-electron chi connectivity index (χ0n) is 10.1. The molecule has 1 unspecified atom stereocenters. The lowest BCUT2D eigenvalue weighted by Gasteiger charge is -2.15. The molecule has 0 saturated carbocycles. The molecule has 0 spiro atoms. The fourth-order valence-corrected chi connectivity index (χ4v) is 3.17. The summed E-state index contributed by atoms with van der Waals surface area (Å²) in [6, 6.07) is 7.81. The average Bonchev–Trinajstić information content (AvgIpc) is 2.77. The fourth-order valence-electron chi connectivity index (χ4n) is 2.29. The molecule has 94 valence electrons. The van der Waals surface area contributed by atoms with Gasteiger partial charge in [-0.25, -0.2) is 12.7 Å². The van der Waals surface area contributed by atoms with Gasteiger partial charge in [0, 0.05) is 19.0 Å². The van der Waals surface area contributed by atoms with Crippen LogP contribution in [0.1, 0.15) is 17.9 Å². The first kappa shape index (κ1) is 12.4. The van der Waals surface area contributed by atoms with E-state index in [0.29, 0.717) is 13.1 Å². The lowest BCUT2D eigenvalue weighted by atomic mass is 9.97. The maximum Gasteiger partial charge on any atom is 0.211 e. The fraction of sp³-hybridized carbons (Fsp3) is 0.500. The van der Waals surface area contributed by atoms with Crippen LogP contribution in [0.2, 0.25) is 0 Å². The Morgan fingerprint density at radius 1 is 1.35 bits per heavy atom. The highest BCUT2D eigenvalue weighted by Gasteiger charge is 2.30. The monoisotopic (exact) mass is 255 g/mol. The second-order valence-electron chi connectivity index (χ2n) is 4.35. The summed E-state index contributed by atoms with van der Waals surface area (Å²) in [5.74, 6) is 1.08. The molecule has 1 aliphatic rings. The lowest BCUT2D eigenvalue weighted by molar-refractivity contribution is 0.405. The van der Waals surface area contributed by atoms with Crippen LogP contribution in [-0.4, -0.2) is 39.2 Å². The normalized spacial score (nSPS) is 21.6. The van der Waals surface area contributed by atoms with E-state index in [9.17, 15) is 8.42 Å².